The van der Waals surface area contributed by atoms with E-state index >= 15 is 0 Å². The number of nitriles is 1. The van der Waals surface area contributed by atoms with E-state index in [2.05, 4.69) is 144 Å². The number of aromatic nitrogens is 1. The van der Waals surface area contributed by atoms with E-state index in [1.807, 2.05) is 34.8 Å². The van der Waals surface area contributed by atoms with Crippen LogP contribution in [0.1, 0.15) is 5.56 Å². The van der Waals surface area contributed by atoms with Gasteiger partial charge in [0.15, 0.2) is 0 Å². The molecule has 0 saturated heterocycles. The number of hydrogen-bond donors (Lipinski definition) is 0. The van der Waals surface area contributed by atoms with Crippen LogP contribution in [0.25, 0.3) is 90.1 Å². The third-order valence-electron chi connectivity index (χ3n) is 9.44. The van der Waals surface area contributed by atoms with Crippen LogP contribution >= 0.6 is 22.7 Å². The van der Waals surface area contributed by atoms with Gasteiger partial charge in [-0.15, -0.1) is 22.7 Å². The highest BCUT2D eigenvalue weighted by Gasteiger charge is 2.21. The lowest BCUT2D eigenvalue weighted by molar-refractivity contribution is 1.20. The van der Waals surface area contributed by atoms with Gasteiger partial charge in [0.25, 0.3) is 0 Å². The molecule has 0 bridgehead atoms. The van der Waals surface area contributed by atoms with Crippen LogP contribution in [-0.2, 0) is 0 Å². The third kappa shape index (κ3) is 3.88. The molecule has 0 radical (unpaired) electrons. The molecule has 0 atom stereocenters. The van der Waals surface area contributed by atoms with Gasteiger partial charge in [0.2, 0.25) is 0 Å². The number of nitrogens with zero attached hydrogens (tertiary/aromatic N) is 2. The van der Waals surface area contributed by atoms with E-state index in [0.717, 1.165) is 22.1 Å². The fourth-order valence-electron chi connectivity index (χ4n) is 7.34. The number of benzene rings is 7. The lowest BCUT2D eigenvalue weighted by Gasteiger charge is -2.11. The fraction of sp³-hybridized carbons (Fsp3) is 0. The van der Waals surface area contributed by atoms with Crippen molar-refractivity contribution in [1.29, 1.82) is 5.26 Å². The van der Waals surface area contributed by atoms with Crippen LogP contribution < -0.4 is 0 Å². The molecule has 0 aliphatic rings. The second kappa shape index (κ2) is 10.1. The standard InChI is InChI=1S/C43H24N2S2/c44-25-26-17-19-32-31-11-4-6-14-36(31)45(38(32)23-26)37-15-8-13-35-41-29(21-22-30(43(41)47-42(35)37)27-9-2-1-3-10-27)28-18-20-34-33-12-5-7-16-39(33)46-40(34)24-28/h1-24H. The molecule has 4 heteroatoms. The Hall–Kier alpha value is -5.73. The van der Waals surface area contributed by atoms with E-state index < -0.39 is 0 Å². The van der Waals surface area contributed by atoms with Crippen LogP contribution in [0.2, 0.25) is 0 Å². The lowest BCUT2D eigenvalue weighted by atomic mass is 9.94. The normalized spacial score (nSPS) is 11.8. The molecule has 0 N–H and O–H groups in total. The van der Waals surface area contributed by atoms with Gasteiger partial charge in [0.05, 0.1) is 33.1 Å². The SMILES string of the molecule is N#Cc1ccc2c3ccccc3n(-c3cccc4c3sc3c(-c5ccccc5)ccc(-c5ccc6c(c5)sc5ccccc56)c34)c2c1. The molecular weight excluding hydrogens is 609 g/mol. The van der Waals surface area contributed by atoms with Gasteiger partial charge < -0.3 is 4.57 Å². The van der Waals surface area contributed by atoms with Gasteiger partial charge in [0.1, 0.15) is 0 Å². The van der Waals surface area contributed by atoms with Gasteiger partial charge in [-0.25, -0.2) is 0 Å². The summed E-state index contributed by atoms with van der Waals surface area (Å²) in [4.78, 5) is 0. The highest BCUT2D eigenvalue weighted by atomic mass is 32.1. The van der Waals surface area contributed by atoms with Crippen LogP contribution in [-0.4, -0.2) is 4.57 Å². The van der Waals surface area contributed by atoms with Crippen molar-refractivity contribution in [3.8, 4) is 34.0 Å². The summed E-state index contributed by atoms with van der Waals surface area (Å²) in [5.41, 5.74) is 8.92. The maximum atomic E-state index is 9.83. The summed E-state index contributed by atoms with van der Waals surface area (Å²) in [7, 11) is 0. The average Bonchev–Trinajstić information content (AvgIpc) is 3.81. The largest absolute Gasteiger partial charge is 0.308 e. The Morgan fingerprint density at radius 1 is 0.468 bits per heavy atom. The monoisotopic (exact) mass is 632 g/mol. The molecule has 0 aliphatic heterocycles. The molecule has 3 heterocycles. The molecule has 2 nitrogen and oxygen atoms in total. The summed E-state index contributed by atoms with van der Waals surface area (Å²) < 4.78 is 7.50. The summed E-state index contributed by atoms with van der Waals surface area (Å²) in [5, 5.41) is 17.3. The Morgan fingerprint density at radius 2 is 1.19 bits per heavy atom. The molecule has 0 aliphatic carbocycles. The molecule has 10 rings (SSSR count). The minimum atomic E-state index is 0.662. The number of thiophene rings is 2. The molecule has 0 unspecified atom stereocenters. The third-order valence-corrected chi connectivity index (χ3v) is 11.8. The van der Waals surface area contributed by atoms with Crippen LogP contribution in [0, 0.1) is 11.3 Å². The van der Waals surface area contributed by atoms with E-state index in [-0.39, 0.29) is 0 Å². The zero-order valence-corrected chi connectivity index (χ0v) is 26.7. The van der Waals surface area contributed by atoms with Gasteiger partial charge in [-0.1, -0.05) is 109 Å². The van der Waals surface area contributed by atoms with E-state index in [1.54, 1.807) is 0 Å². The van der Waals surface area contributed by atoms with Crippen LogP contribution in [0.3, 0.4) is 0 Å². The van der Waals surface area contributed by atoms with Crippen LogP contribution in [0.4, 0.5) is 0 Å². The molecule has 7 aromatic carbocycles. The highest BCUT2D eigenvalue weighted by molar-refractivity contribution is 7.27. The van der Waals surface area contributed by atoms with Crippen LogP contribution in [0.15, 0.2) is 146 Å². The van der Waals surface area contributed by atoms with Crippen molar-refractivity contribution < 1.29 is 0 Å². The van der Waals surface area contributed by atoms with Crippen molar-refractivity contribution in [1.82, 2.24) is 4.57 Å². The Morgan fingerprint density at radius 3 is 2.09 bits per heavy atom. The topological polar surface area (TPSA) is 28.7 Å². The second-order valence-electron chi connectivity index (χ2n) is 12.0. The fourth-order valence-corrected chi connectivity index (χ4v) is 9.85. The summed E-state index contributed by atoms with van der Waals surface area (Å²) in [6, 6.07) is 54.7. The van der Waals surface area contributed by atoms with Crippen molar-refractivity contribution in [2.24, 2.45) is 0 Å². The quantitative estimate of drug-likeness (QED) is 0.190. The number of fused-ring (bicyclic) bond motifs is 9. The van der Waals surface area contributed by atoms with Gasteiger partial charge in [-0.3, -0.25) is 0 Å². The smallest absolute Gasteiger partial charge is 0.0992 e. The second-order valence-corrected chi connectivity index (χ2v) is 14.1. The first kappa shape index (κ1) is 26.5. The van der Waals surface area contributed by atoms with Gasteiger partial charge >= 0.3 is 0 Å². The molecule has 0 amide bonds. The molecule has 47 heavy (non-hydrogen) atoms. The van der Waals surface area contributed by atoms with Crippen LogP contribution in [0.5, 0.6) is 0 Å². The maximum absolute atomic E-state index is 9.83. The first-order chi connectivity index (χ1) is 23.3. The summed E-state index contributed by atoms with van der Waals surface area (Å²) in [6.45, 7) is 0. The van der Waals surface area contributed by atoms with Crippen molar-refractivity contribution in [2.45, 2.75) is 0 Å². The lowest BCUT2D eigenvalue weighted by Crippen LogP contribution is -1.94. The Bertz CT molecular complexity index is 2920. The van der Waals surface area contributed by atoms with Gasteiger partial charge in [0, 0.05) is 46.4 Å². The number of para-hydroxylation sites is 1. The van der Waals surface area contributed by atoms with Crippen molar-refractivity contribution in [3.05, 3.63) is 151 Å². The Labute approximate surface area is 278 Å². The zero-order chi connectivity index (χ0) is 31.1. The Balaban J connectivity index is 1.31. The van der Waals surface area contributed by atoms with E-state index in [1.165, 1.54) is 68.0 Å². The summed E-state index contributed by atoms with van der Waals surface area (Å²) in [5.74, 6) is 0. The first-order valence-corrected chi connectivity index (χ1v) is 17.3. The molecule has 10 aromatic rings. The predicted octanol–water partition coefficient (Wildman–Crippen LogP) is 12.7. The molecule has 0 saturated carbocycles. The maximum Gasteiger partial charge on any atom is 0.0992 e. The zero-order valence-electron chi connectivity index (χ0n) is 25.1. The van der Waals surface area contributed by atoms with Crippen molar-refractivity contribution in [2.75, 3.05) is 0 Å². The van der Waals surface area contributed by atoms with Gasteiger partial charge in [-0.2, -0.15) is 5.26 Å². The number of rotatable bonds is 3. The van der Waals surface area contributed by atoms with Crippen molar-refractivity contribution >= 4 is 84.8 Å². The first-order valence-electron chi connectivity index (χ1n) is 15.7. The van der Waals surface area contributed by atoms with E-state index in [9.17, 15) is 5.26 Å². The molecule has 0 fully saturated rings. The van der Waals surface area contributed by atoms with Crippen molar-refractivity contribution in [3.63, 3.8) is 0 Å². The molecule has 218 valence electrons. The van der Waals surface area contributed by atoms with E-state index in [4.69, 9.17) is 0 Å². The molecular formula is C43H24N2S2. The summed E-state index contributed by atoms with van der Waals surface area (Å²) >= 11 is 3.73. The van der Waals surface area contributed by atoms with Gasteiger partial charge in [-0.05, 0) is 58.7 Å². The molecule has 0 spiro atoms. The summed E-state index contributed by atoms with van der Waals surface area (Å²) in [6.07, 6.45) is 0. The highest BCUT2D eigenvalue weighted by Crippen LogP contribution is 2.48. The van der Waals surface area contributed by atoms with E-state index in [0.29, 0.717) is 5.56 Å². The predicted molar refractivity (Wildman–Crippen MR) is 202 cm³/mol. The minimum Gasteiger partial charge on any atom is -0.308 e. The average molecular weight is 633 g/mol. The Kier molecular flexibility index (Phi) is 5.71. The molecule has 3 aromatic heterocycles. The minimum absolute atomic E-state index is 0.662. The number of hydrogen-bond acceptors (Lipinski definition) is 3.